The zero-order valence-corrected chi connectivity index (χ0v) is 36.8. The quantitative estimate of drug-likeness (QED) is 0.118. The Balaban J connectivity index is 1.33. The number of nitrogens with zero attached hydrogens (tertiary/aromatic N) is 3. The molecular weight excluding hydrogens is 761 g/mol. The van der Waals surface area contributed by atoms with Gasteiger partial charge >= 0.3 is 6.09 Å². The van der Waals surface area contributed by atoms with Gasteiger partial charge in [-0.15, -0.1) is 0 Å². The summed E-state index contributed by atoms with van der Waals surface area (Å²) in [4.78, 5) is 60.7. The van der Waals surface area contributed by atoms with E-state index in [9.17, 15) is 29.4 Å². The SMILES string of the molecule is CC[C@H](C)[C@@H]([C@@H](CC(=O)N1CCC[C@H]1[C@H](OC)[C@@H](C)C(=O)N[C@H](C)[C@@H](O)c1ccccc1)OC)N(C)C(=O)[C@H](C(C)C)N(CC1c2ccccc2-c2ccccc21)C(=O)O. The number of rotatable bonds is 19. The Hall–Kier alpha value is -4.78. The third-order valence-corrected chi connectivity index (χ3v) is 13.1. The van der Waals surface area contributed by atoms with E-state index in [0.29, 0.717) is 24.9 Å². The fraction of sp³-hybridized carbons (Fsp3) is 0.542. The smallest absolute Gasteiger partial charge is 0.408 e. The molecule has 0 spiro atoms. The Morgan fingerprint density at radius 1 is 0.867 bits per heavy atom. The van der Waals surface area contributed by atoms with E-state index in [1.807, 2.05) is 94.4 Å². The minimum absolute atomic E-state index is 0.0262. The van der Waals surface area contributed by atoms with Gasteiger partial charge in [0.1, 0.15) is 6.04 Å². The maximum absolute atomic E-state index is 14.8. The van der Waals surface area contributed by atoms with Crippen molar-refractivity contribution in [1.29, 1.82) is 0 Å². The standard InChI is InChI=1S/C48H66N4O8/c1-10-30(4)43(50(7)47(56)42(29(2)3)52(48(57)58)28-38-36-23-16-14-21-34(36)35-22-15-17-24-37(35)38)40(59-8)27-41(53)51-26-18-25-39(51)45(60-9)31(5)46(55)49-32(6)44(54)33-19-12-11-13-20-33/h11-17,19-24,29-32,38-40,42-45,54H,10,18,25-28H2,1-9H3,(H,49,55)(H,57,58)/t30-,31+,32+,39-,40+,42-,43-,44+,45+/m0/s1. The summed E-state index contributed by atoms with van der Waals surface area (Å²) in [5, 5.41) is 24.6. The molecule has 1 heterocycles. The van der Waals surface area contributed by atoms with Crippen molar-refractivity contribution in [2.75, 3.05) is 34.4 Å². The van der Waals surface area contributed by atoms with Crippen molar-refractivity contribution in [2.45, 2.75) is 116 Å². The van der Waals surface area contributed by atoms with E-state index in [2.05, 4.69) is 17.4 Å². The van der Waals surface area contributed by atoms with Gasteiger partial charge < -0.3 is 34.8 Å². The lowest BCUT2D eigenvalue weighted by Gasteiger charge is -2.42. The molecule has 0 aromatic heterocycles. The number of hydrogen-bond acceptors (Lipinski definition) is 7. The van der Waals surface area contributed by atoms with E-state index in [4.69, 9.17) is 9.47 Å². The van der Waals surface area contributed by atoms with Crippen molar-refractivity contribution < 1.29 is 38.9 Å². The van der Waals surface area contributed by atoms with Gasteiger partial charge in [0.25, 0.3) is 0 Å². The summed E-state index contributed by atoms with van der Waals surface area (Å²) >= 11 is 0. The van der Waals surface area contributed by atoms with Crippen LogP contribution in [-0.2, 0) is 23.9 Å². The molecule has 1 aliphatic heterocycles. The number of fused-ring (bicyclic) bond motifs is 3. The van der Waals surface area contributed by atoms with E-state index in [1.54, 1.807) is 44.9 Å². The first-order valence-corrected chi connectivity index (χ1v) is 21.5. The number of aliphatic hydroxyl groups excluding tert-OH is 1. The van der Waals surface area contributed by atoms with Crippen molar-refractivity contribution in [2.24, 2.45) is 17.8 Å². The van der Waals surface area contributed by atoms with Crippen molar-refractivity contribution in [1.82, 2.24) is 20.0 Å². The van der Waals surface area contributed by atoms with Gasteiger partial charge in [-0.2, -0.15) is 0 Å². The maximum Gasteiger partial charge on any atom is 0.408 e. The third kappa shape index (κ3) is 9.88. The highest BCUT2D eigenvalue weighted by Crippen LogP contribution is 2.45. The third-order valence-electron chi connectivity index (χ3n) is 13.1. The van der Waals surface area contributed by atoms with Crippen LogP contribution in [0.1, 0.15) is 95.9 Å². The molecule has 0 radical (unpaired) electrons. The Bertz CT molecular complexity index is 1880. The van der Waals surface area contributed by atoms with Gasteiger partial charge in [0.15, 0.2) is 0 Å². The molecule has 12 nitrogen and oxygen atoms in total. The highest BCUT2D eigenvalue weighted by atomic mass is 16.5. The van der Waals surface area contributed by atoms with Gasteiger partial charge in [-0.05, 0) is 59.4 Å². The van der Waals surface area contributed by atoms with Gasteiger partial charge in [-0.1, -0.05) is 120 Å². The lowest BCUT2D eigenvalue weighted by atomic mass is 9.89. The Morgan fingerprint density at radius 2 is 1.45 bits per heavy atom. The Kier molecular flexibility index (Phi) is 15.9. The summed E-state index contributed by atoms with van der Waals surface area (Å²) in [6.07, 6.45) is -1.35. The fourth-order valence-electron chi connectivity index (χ4n) is 9.63. The van der Waals surface area contributed by atoms with Crippen molar-refractivity contribution in [3.05, 3.63) is 95.6 Å². The van der Waals surface area contributed by atoms with Gasteiger partial charge in [0, 0.05) is 40.3 Å². The van der Waals surface area contributed by atoms with Crippen LogP contribution >= 0.6 is 0 Å². The van der Waals surface area contributed by atoms with Gasteiger partial charge in [-0.3, -0.25) is 19.3 Å². The monoisotopic (exact) mass is 826 g/mol. The average molecular weight is 827 g/mol. The number of nitrogens with one attached hydrogen (secondary N) is 1. The number of ether oxygens (including phenoxy) is 2. The van der Waals surface area contributed by atoms with Crippen LogP contribution in [0.3, 0.4) is 0 Å². The highest BCUT2D eigenvalue weighted by molar-refractivity contribution is 5.87. The van der Waals surface area contributed by atoms with Crippen LogP contribution in [0.2, 0.25) is 0 Å². The van der Waals surface area contributed by atoms with Crippen LogP contribution in [0.5, 0.6) is 0 Å². The predicted molar refractivity (Wildman–Crippen MR) is 232 cm³/mol. The molecule has 0 saturated carbocycles. The second-order valence-electron chi connectivity index (χ2n) is 17.1. The summed E-state index contributed by atoms with van der Waals surface area (Å²) in [7, 11) is 4.78. The molecule has 9 atom stereocenters. The molecule has 3 aromatic carbocycles. The summed E-state index contributed by atoms with van der Waals surface area (Å²) in [5.74, 6) is -2.15. The second-order valence-corrected chi connectivity index (χ2v) is 17.1. The lowest BCUT2D eigenvalue weighted by Crippen LogP contribution is -2.59. The van der Waals surface area contributed by atoms with Gasteiger partial charge in [0.2, 0.25) is 17.7 Å². The minimum atomic E-state index is -1.17. The molecule has 3 N–H and O–H groups in total. The Morgan fingerprint density at radius 3 is 1.98 bits per heavy atom. The van der Waals surface area contributed by atoms with E-state index >= 15 is 0 Å². The van der Waals surface area contributed by atoms with Crippen LogP contribution in [0.4, 0.5) is 4.79 Å². The molecule has 5 rings (SSSR count). The first-order chi connectivity index (χ1) is 28.7. The largest absolute Gasteiger partial charge is 0.465 e. The molecule has 1 aliphatic carbocycles. The summed E-state index contributed by atoms with van der Waals surface area (Å²) in [6.45, 7) is 11.9. The molecule has 326 valence electrons. The molecular formula is C48H66N4O8. The summed E-state index contributed by atoms with van der Waals surface area (Å²) in [6, 6.07) is 22.7. The predicted octanol–water partition coefficient (Wildman–Crippen LogP) is 6.96. The number of methoxy groups -OCH3 is 2. The molecule has 1 fully saturated rings. The lowest BCUT2D eigenvalue weighted by molar-refractivity contribution is -0.148. The first-order valence-electron chi connectivity index (χ1n) is 21.5. The molecule has 12 heteroatoms. The van der Waals surface area contributed by atoms with Crippen molar-refractivity contribution in [3.8, 4) is 11.1 Å². The van der Waals surface area contributed by atoms with Crippen LogP contribution in [0, 0.1) is 17.8 Å². The summed E-state index contributed by atoms with van der Waals surface area (Å²) in [5.41, 5.74) is 4.91. The number of likely N-dealkylation sites (N-methyl/N-ethyl adjacent to an activating group) is 1. The molecule has 2 aliphatic rings. The van der Waals surface area contributed by atoms with Crippen LogP contribution in [0.25, 0.3) is 11.1 Å². The number of hydrogen-bond donors (Lipinski definition) is 3. The molecule has 0 bridgehead atoms. The van der Waals surface area contributed by atoms with Gasteiger partial charge in [0.05, 0.1) is 48.8 Å². The molecule has 4 amide bonds. The number of aliphatic hydroxyl groups is 1. The van der Waals surface area contributed by atoms with E-state index in [0.717, 1.165) is 28.7 Å². The molecule has 0 unspecified atom stereocenters. The highest BCUT2D eigenvalue weighted by Gasteiger charge is 2.45. The number of benzene rings is 3. The van der Waals surface area contributed by atoms with Gasteiger partial charge in [-0.25, -0.2) is 4.79 Å². The van der Waals surface area contributed by atoms with Crippen LogP contribution in [-0.4, -0.2) is 119 Å². The topological polar surface area (TPSA) is 149 Å². The number of likely N-dealkylation sites (tertiary alicyclic amines) is 1. The maximum atomic E-state index is 14.8. The first kappa shape index (κ1) is 46.3. The fourth-order valence-corrected chi connectivity index (χ4v) is 9.63. The normalized spacial score (nSPS) is 19.0. The number of amides is 4. The second kappa shape index (κ2) is 20.7. The number of carbonyl (C=O) groups is 4. The van der Waals surface area contributed by atoms with Crippen molar-refractivity contribution in [3.63, 3.8) is 0 Å². The molecule has 60 heavy (non-hydrogen) atoms. The van der Waals surface area contributed by atoms with E-state index in [-0.39, 0.29) is 54.5 Å². The average Bonchev–Trinajstić information content (AvgIpc) is 3.86. The zero-order valence-electron chi connectivity index (χ0n) is 36.8. The van der Waals surface area contributed by atoms with Crippen LogP contribution in [0.15, 0.2) is 78.9 Å². The number of carbonyl (C=O) groups excluding carboxylic acids is 3. The van der Waals surface area contributed by atoms with Crippen LogP contribution < -0.4 is 5.32 Å². The van der Waals surface area contributed by atoms with E-state index in [1.165, 1.54) is 4.90 Å². The van der Waals surface area contributed by atoms with Crippen molar-refractivity contribution >= 4 is 23.8 Å². The minimum Gasteiger partial charge on any atom is -0.465 e. The zero-order chi connectivity index (χ0) is 43.8. The summed E-state index contributed by atoms with van der Waals surface area (Å²) < 4.78 is 12.0. The number of carboxylic acid groups (broad SMARTS) is 1. The molecule has 1 saturated heterocycles. The van der Waals surface area contributed by atoms with E-state index < -0.39 is 48.4 Å². The Labute approximate surface area is 356 Å². The molecule has 3 aromatic rings.